The summed E-state index contributed by atoms with van der Waals surface area (Å²) >= 11 is -2.64. The molecule has 0 unspecified atom stereocenters. The number of hydrogen-bond donors (Lipinski definition) is 0. The maximum atomic E-state index is 12.8. The monoisotopic (exact) mass is 477 g/mol. The topological polar surface area (TPSA) is 37.4 Å². The molecular formula is C23H35NO2Sn. The number of unbranched alkanes of at least 4 members (excludes halogenated alkanes) is 3. The van der Waals surface area contributed by atoms with Gasteiger partial charge in [-0.15, -0.1) is 0 Å². The fourth-order valence-corrected chi connectivity index (χ4v) is 19.6. The molecule has 0 aromatic heterocycles. The zero-order valence-corrected chi connectivity index (χ0v) is 20.2. The minimum atomic E-state index is -2.64. The Morgan fingerprint density at radius 2 is 1.26 bits per heavy atom. The van der Waals surface area contributed by atoms with E-state index in [1.54, 1.807) is 12.1 Å². The SMILES string of the molecule is C=[C](CN1C(=O)c2ccccc2C1=O)[Sn]([CH2]CCC)([CH2]CCC)[CH2]CCC. The summed E-state index contributed by atoms with van der Waals surface area (Å²) in [7, 11) is 0. The van der Waals surface area contributed by atoms with Gasteiger partial charge >= 0.3 is 169 Å². The molecular weight excluding hydrogens is 441 g/mol. The standard InChI is InChI=1S/C11H8NO2.3C4H9.Sn/c1-2-7-12-10(13)8-5-3-4-6-9(8)11(12)14;3*1-3-4-2;/h3-6H,1,7H2;3*1,3-4H2,2H3;. The van der Waals surface area contributed by atoms with Gasteiger partial charge < -0.3 is 0 Å². The molecule has 1 aromatic rings. The summed E-state index contributed by atoms with van der Waals surface area (Å²) in [6, 6.07) is 7.19. The number of amides is 2. The molecule has 148 valence electrons. The number of fused-ring (bicyclic) bond motifs is 1. The van der Waals surface area contributed by atoms with Gasteiger partial charge in [0, 0.05) is 0 Å². The summed E-state index contributed by atoms with van der Waals surface area (Å²) in [5, 5.41) is 0. The number of carbonyl (C=O) groups is 2. The Hall–Kier alpha value is -1.10. The third-order valence-corrected chi connectivity index (χ3v) is 22.0. The van der Waals surface area contributed by atoms with E-state index in [0.717, 1.165) is 0 Å². The van der Waals surface area contributed by atoms with Gasteiger partial charge in [0.25, 0.3) is 0 Å². The predicted octanol–water partition coefficient (Wildman–Crippen LogP) is 6.23. The van der Waals surface area contributed by atoms with Crippen LogP contribution in [0.5, 0.6) is 0 Å². The van der Waals surface area contributed by atoms with Gasteiger partial charge in [0.2, 0.25) is 0 Å². The summed E-state index contributed by atoms with van der Waals surface area (Å²) < 4.78 is 5.21. The van der Waals surface area contributed by atoms with Crippen molar-refractivity contribution in [1.82, 2.24) is 4.90 Å². The van der Waals surface area contributed by atoms with Crippen molar-refractivity contribution in [3.05, 3.63) is 45.6 Å². The zero-order valence-electron chi connectivity index (χ0n) is 17.4. The normalized spacial score (nSPS) is 14.0. The molecule has 0 radical (unpaired) electrons. The van der Waals surface area contributed by atoms with E-state index >= 15 is 0 Å². The van der Waals surface area contributed by atoms with E-state index in [4.69, 9.17) is 0 Å². The molecule has 0 spiro atoms. The van der Waals surface area contributed by atoms with Crippen molar-refractivity contribution in [1.29, 1.82) is 0 Å². The van der Waals surface area contributed by atoms with Crippen LogP contribution in [-0.2, 0) is 0 Å². The first-order valence-corrected chi connectivity index (χ1v) is 18.1. The van der Waals surface area contributed by atoms with E-state index in [0.29, 0.717) is 17.7 Å². The minimum absolute atomic E-state index is 0.140. The summed E-state index contributed by atoms with van der Waals surface area (Å²) in [6.45, 7) is 11.7. The van der Waals surface area contributed by atoms with Crippen molar-refractivity contribution in [2.75, 3.05) is 6.54 Å². The van der Waals surface area contributed by atoms with Crippen LogP contribution in [0.1, 0.15) is 80.0 Å². The Balaban J connectivity index is 2.24. The van der Waals surface area contributed by atoms with Crippen LogP contribution in [0.3, 0.4) is 0 Å². The first-order valence-electron chi connectivity index (χ1n) is 10.6. The first kappa shape index (κ1) is 22.2. The van der Waals surface area contributed by atoms with E-state index in [9.17, 15) is 9.59 Å². The molecule has 0 N–H and O–H groups in total. The molecule has 1 aromatic carbocycles. The van der Waals surface area contributed by atoms with Crippen LogP contribution < -0.4 is 0 Å². The van der Waals surface area contributed by atoms with E-state index < -0.39 is 18.4 Å². The molecule has 1 aliphatic heterocycles. The molecule has 3 nitrogen and oxygen atoms in total. The third kappa shape index (κ3) is 5.04. The van der Waals surface area contributed by atoms with Crippen LogP contribution in [0.2, 0.25) is 13.3 Å². The van der Waals surface area contributed by atoms with Crippen LogP contribution in [0.25, 0.3) is 0 Å². The fraction of sp³-hybridized carbons (Fsp3) is 0.565. The zero-order chi connectivity index (χ0) is 19.9. The Labute approximate surface area is 169 Å². The van der Waals surface area contributed by atoms with Crippen molar-refractivity contribution in [3.8, 4) is 0 Å². The second-order valence-corrected chi connectivity index (χ2v) is 21.5. The molecule has 0 saturated carbocycles. The van der Waals surface area contributed by atoms with Gasteiger partial charge in [0.05, 0.1) is 0 Å². The maximum absolute atomic E-state index is 12.8. The van der Waals surface area contributed by atoms with Crippen LogP contribution in [0, 0.1) is 0 Å². The predicted molar refractivity (Wildman–Crippen MR) is 116 cm³/mol. The molecule has 0 saturated heterocycles. The van der Waals surface area contributed by atoms with Crippen molar-refractivity contribution < 1.29 is 9.59 Å². The van der Waals surface area contributed by atoms with Crippen LogP contribution in [-0.4, -0.2) is 41.6 Å². The van der Waals surface area contributed by atoms with Gasteiger partial charge in [-0.3, -0.25) is 0 Å². The number of hydrogen-bond acceptors (Lipinski definition) is 2. The second-order valence-electron chi connectivity index (χ2n) is 7.94. The van der Waals surface area contributed by atoms with Gasteiger partial charge in [-0.2, -0.15) is 0 Å². The van der Waals surface area contributed by atoms with Crippen molar-refractivity contribution in [2.24, 2.45) is 0 Å². The summed E-state index contributed by atoms with van der Waals surface area (Å²) in [5.41, 5.74) is 1.10. The Morgan fingerprint density at radius 3 is 1.63 bits per heavy atom. The molecule has 0 fully saturated rings. The molecule has 1 aliphatic rings. The molecule has 2 rings (SSSR count). The summed E-state index contributed by atoms with van der Waals surface area (Å²) in [6.07, 6.45) is 7.38. The number of benzene rings is 1. The number of imide groups is 1. The Morgan fingerprint density at radius 1 is 0.852 bits per heavy atom. The summed E-state index contributed by atoms with van der Waals surface area (Å²) in [4.78, 5) is 27.1. The van der Waals surface area contributed by atoms with Gasteiger partial charge in [0.1, 0.15) is 0 Å². The van der Waals surface area contributed by atoms with Crippen molar-refractivity contribution in [3.63, 3.8) is 0 Å². The number of carbonyl (C=O) groups excluding carboxylic acids is 2. The van der Waals surface area contributed by atoms with E-state index in [1.165, 1.54) is 60.3 Å². The van der Waals surface area contributed by atoms with Gasteiger partial charge in [-0.05, 0) is 0 Å². The van der Waals surface area contributed by atoms with E-state index in [2.05, 4.69) is 27.4 Å². The molecule has 27 heavy (non-hydrogen) atoms. The van der Waals surface area contributed by atoms with Crippen LogP contribution >= 0.6 is 0 Å². The second kappa shape index (κ2) is 10.4. The molecule has 4 heteroatoms. The first-order chi connectivity index (χ1) is 13.0. The molecule has 2 amide bonds. The molecule has 0 aliphatic carbocycles. The quantitative estimate of drug-likeness (QED) is 0.265. The Kier molecular flexibility index (Phi) is 8.58. The number of nitrogens with zero attached hydrogens (tertiary/aromatic N) is 1. The van der Waals surface area contributed by atoms with Gasteiger partial charge in [0.15, 0.2) is 0 Å². The molecule has 0 atom stereocenters. The van der Waals surface area contributed by atoms with E-state index in [-0.39, 0.29) is 11.8 Å². The third-order valence-electron chi connectivity index (χ3n) is 6.00. The average Bonchev–Trinajstić information content (AvgIpc) is 2.93. The van der Waals surface area contributed by atoms with Crippen molar-refractivity contribution >= 4 is 30.2 Å². The van der Waals surface area contributed by atoms with Crippen LogP contribution in [0.4, 0.5) is 0 Å². The number of rotatable bonds is 12. The fourth-order valence-electron chi connectivity index (χ4n) is 4.19. The van der Waals surface area contributed by atoms with Gasteiger partial charge in [-0.25, -0.2) is 0 Å². The van der Waals surface area contributed by atoms with E-state index in [1.807, 2.05) is 12.1 Å². The average molecular weight is 476 g/mol. The summed E-state index contributed by atoms with van der Waals surface area (Å²) in [5.74, 6) is -0.281. The van der Waals surface area contributed by atoms with Crippen LogP contribution in [0.15, 0.2) is 34.4 Å². The molecule has 1 heterocycles. The van der Waals surface area contributed by atoms with Gasteiger partial charge in [-0.1, -0.05) is 0 Å². The molecule has 0 bridgehead atoms. The van der Waals surface area contributed by atoms with Crippen molar-refractivity contribution in [2.45, 2.75) is 72.6 Å². The Bertz CT molecular complexity index is 626.